The number of carbonyl (C=O) groups is 2. The average molecular weight is 522 g/mol. The minimum absolute atomic E-state index is 0.0326. The molecule has 0 aliphatic carbocycles. The van der Waals surface area contributed by atoms with E-state index in [2.05, 4.69) is 0 Å². The van der Waals surface area contributed by atoms with Gasteiger partial charge in [-0.05, 0) is 12.0 Å². The normalized spacial score (nSPS) is 20.4. The van der Waals surface area contributed by atoms with Crippen molar-refractivity contribution < 1.29 is 27.9 Å². The molecule has 37 heavy (non-hydrogen) atoms. The minimum Gasteiger partial charge on any atom is -0.387 e. The van der Waals surface area contributed by atoms with Gasteiger partial charge in [0.2, 0.25) is 5.91 Å². The van der Waals surface area contributed by atoms with Gasteiger partial charge in [0, 0.05) is 56.3 Å². The maximum absolute atomic E-state index is 13.1. The van der Waals surface area contributed by atoms with Crippen LogP contribution in [0.2, 0.25) is 0 Å². The number of hydrogen-bond donors (Lipinski definition) is 1. The van der Waals surface area contributed by atoms with Crippen LogP contribution in [0.3, 0.4) is 0 Å². The van der Waals surface area contributed by atoms with Crippen LogP contribution in [0.1, 0.15) is 44.0 Å². The van der Waals surface area contributed by atoms with Crippen LogP contribution in [-0.4, -0.2) is 70.3 Å². The fourth-order valence-corrected chi connectivity index (χ4v) is 4.84. The first kappa shape index (κ1) is 28.4. The van der Waals surface area contributed by atoms with Crippen LogP contribution in [0.25, 0.3) is 11.1 Å². The van der Waals surface area contributed by atoms with E-state index in [9.17, 15) is 32.7 Å². The van der Waals surface area contributed by atoms with Gasteiger partial charge < -0.3 is 19.5 Å². The smallest absolute Gasteiger partial charge is 0.387 e. The lowest BCUT2D eigenvalue weighted by Crippen LogP contribution is -2.61. The van der Waals surface area contributed by atoms with Crippen LogP contribution >= 0.6 is 0 Å². The highest BCUT2D eigenvalue weighted by Gasteiger charge is 2.49. The third-order valence-corrected chi connectivity index (χ3v) is 7.19. The van der Waals surface area contributed by atoms with Crippen molar-refractivity contribution in [1.29, 1.82) is 0 Å². The molecule has 7 nitrogen and oxygen atoms in total. The summed E-state index contributed by atoms with van der Waals surface area (Å²) in [5, 5.41) is 11.7. The molecule has 0 unspecified atom stereocenters. The molecule has 1 aliphatic heterocycles. The number of carbonyl (C=O) groups excluding carboxylic acids is 2. The topological polar surface area (TPSA) is 82.8 Å². The van der Waals surface area contributed by atoms with Gasteiger partial charge in [0.25, 0.3) is 11.5 Å². The maximum atomic E-state index is 13.1. The Kier molecular flexibility index (Phi) is 7.93. The average Bonchev–Trinajstić information content (AvgIpc) is 2.80. The van der Waals surface area contributed by atoms with E-state index in [4.69, 9.17) is 0 Å². The highest BCUT2D eigenvalue weighted by molar-refractivity contribution is 6.00. The predicted molar refractivity (Wildman–Crippen MR) is 134 cm³/mol. The number of piperidine rings is 1. The quantitative estimate of drug-likeness (QED) is 0.627. The lowest BCUT2D eigenvalue weighted by molar-refractivity contribution is -0.169. The standard InChI is InChI=1S/C27H34F3N3O4/c1-18(14-27(28,29)30)23(35)32-12-11-26(37,25(2,3)16-32)17-33-15-21(24(36)31(4)5)20(13-22(33)34)19-9-7-6-8-10-19/h6-10,13,15,18,37H,11-12,14,16-17H2,1-5H3/t18-,26+/m1/s1. The van der Waals surface area contributed by atoms with Crippen molar-refractivity contribution in [3.8, 4) is 11.1 Å². The van der Waals surface area contributed by atoms with Crippen LogP contribution in [0, 0.1) is 11.3 Å². The molecule has 2 amide bonds. The van der Waals surface area contributed by atoms with Crippen molar-refractivity contribution in [1.82, 2.24) is 14.4 Å². The first-order chi connectivity index (χ1) is 17.0. The number of nitrogens with zero attached hydrogens (tertiary/aromatic N) is 3. The second kappa shape index (κ2) is 10.3. The van der Waals surface area contributed by atoms with E-state index in [0.717, 1.165) is 0 Å². The number of rotatable bonds is 6. The number of aromatic nitrogens is 1. The molecule has 1 aromatic carbocycles. The number of hydrogen-bond acceptors (Lipinski definition) is 4. The van der Waals surface area contributed by atoms with E-state index in [1.54, 1.807) is 52.2 Å². The summed E-state index contributed by atoms with van der Waals surface area (Å²) in [7, 11) is 3.21. The number of aliphatic hydroxyl groups is 1. The van der Waals surface area contributed by atoms with E-state index in [1.165, 1.54) is 33.6 Å². The first-order valence-electron chi connectivity index (χ1n) is 12.1. The minimum atomic E-state index is -4.45. The van der Waals surface area contributed by atoms with E-state index in [-0.39, 0.29) is 32.0 Å². The van der Waals surface area contributed by atoms with Crippen molar-refractivity contribution in [2.45, 2.75) is 51.9 Å². The summed E-state index contributed by atoms with van der Waals surface area (Å²) in [4.78, 5) is 41.6. The molecule has 0 spiro atoms. The summed E-state index contributed by atoms with van der Waals surface area (Å²) in [6.07, 6.45) is -4.15. The summed E-state index contributed by atoms with van der Waals surface area (Å²) in [6, 6.07) is 10.4. The van der Waals surface area contributed by atoms with Gasteiger partial charge in [0.15, 0.2) is 0 Å². The number of alkyl halides is 3. The second-order valence-electron chi connectivity index (χ2n) is 10.8. The number of halogens is 3. The van der Waals surface area contributed by atoms with Gasteiger partial charge in [-0.1, -0.05) is 51.1 Å². The molecule has 1 fully saturated rings. The Hall–Kier alpha value is -3.14. The molecule has 1 aromatic heterocycles. The Bertz CT molecular complexity index is 1210. The number of benzene rings is 1. The Morgan fingerprint density at radius 2 is 1.78 bits per heavy atom. The Morgan fingerprint density at radius 3 is 2.32 bits per heavy atom. The summed E-state index contributed by atoms with van der Waals surface area (Å²) in [5.74, 6) is -2.15. The van der Waals surface area contributed by atoms with Crippen LogP contribution in [0.5, 0.6) is 0 Å². The molecule has 0 bridgehead atoms. The summed E-state index contributed by atoms with van der Waals surface area (Å²) >= 11 is 0. The fourth-order valence-electron chi connectivity index (χ4n) is 4.84. The first-order valence-corrected chi connectivity index (χ1v) is 12.1. The van der Waals surface area contributed by atoms with E-state index in [0.29, 0.717) is 16.7 Å². The molecular formula is C27H34F3N3O4. The van der Waals surface area contributed by atoms with E-state index < -0.39 is 41.0 Å². The second-order valence-corrected chi connectivity index (χ2v) is 10.8. The molecule has 2 heterocycles. The molecule has 1 aliphatic rings. The van der Waals surface area contributed by atoms with Gasteiger partial charge >= 0.3 is 6.18 Å². The monoisotopic (exact) mass is 521 g/mol. The highest BCUT2D eigenvalue weighted by atomic mass is 19.4. The van der Waals surface area contributed by atoms with Gasteiger partial charge in [-0.25, -0.2) is 0 Å². The zero-order chi connectivity index (χ0) is 27.8. The van der Waals surface area contributed by atoms with Crippen molar-refractivity contribution >= 4 is 11.8 Å². The van der Waals surface area contributed by atoms with Gasteiger partial charge in [-0.15, -0.1) is 0 Å². The summed E-state index contributed by atoms with van der Waals surface area (Å²) in [6.45, 7) is 4.64. The molecular weight excluding hydrogens is 487 g/mol. The SMILES string of the molecule is C[C@H](CC(F)(F)F)C(=O)N1CC[C@](O)(Cn2cc(C(=O)N(C)C)c(-c3ccccc3)cc2=O)C(C)(C)C1. The van der Waals surface area contributed by atoms with Crippen molar-refractivity contribution in [3.63, 3.8) is 0 Å². The molecule has 0 radical (unpaired) electrons. The maximum Gasteiger partial charge on any atom is 0.389 e. The summed E-state index contributed by atoms with van der Waals surface area (Å²) < 4.78 is 39.7. The van der Waals surface area contributed by atoms with Crippen molar-refractivity contribution in [2.75, 3.05) is 27.2 Å². The van der Waals surface area contributed by atoms with Crippen molar-refractivity contribution in [2.24, 2.45) is 11.3 Å². The van der Waals surface area contributed by atoms with Crippen molar-refractivity contribution in [3.05, 3.63) is 58.5 Å². The van der Waals surface area contributed by atoms with Crippen LogP contribution in [-0.2, 0) is 11.3 Å². The third kappa shape index (κ3) is 6.23. The zero-order valence-corrected chi connectivity index (χ0v) is 21.8. The third-order valence-electron chi connectivity index (χ3n) is 7.19. The van der Waals surface area contributed by atoms with Gasteiger partial charge in [-0.2, -0.15) is 13.2 Å². The lowest BCUT2D eigenvalue weighted by atomic mass is 9.69. The van der Waals surface area contributed by atoms with Crippen LogP contribution < -0.4 is 5.56 Å². The molecule has 2 atom stereocenters. The number of pyridine rings is 1. The fraction of sp³-hybridized carbons (Fsp3) is 0.519. The van der Waals surface area contributed by atoms with Gasteiger partial charge in [0.1, 0.15) is 0 Å². The van der Waals surface area contributed by atoms with Gasteiger partial charge in [-0.3, -0.25) is 14.4 Å². The Labute approximate surface area is 214 Å². The van der Waals surface area contributed by atoms with Crippen LogP contribution in [0.15, 0.2) is 47.4 Å². The Balaban J connectivity index is 1.91. The number of amides is 2. The molecule has 3 rings (SSSR count). The zero-order valence-electron chi connectivity index (χ0n) is 21.8. The summed E-state index contributed by atoms with van der Waals surface area (Å²) in [5.41, 5.74) is -1.32. The number of likely N-dealkylation sites (tertiary alicyclic amines) is 1. The largest absolute Gasteiger partial charge is 0.389 e. The Morgan fingerprint density at radius 1 is 1.16 bits per heavy atom. The molecule has 1 saturated heterocycles. The molecule has 2 aromatic rings. The molecule has 10 heteroatoms. The highest BCUT2D eigenvalue weighted by Crippen LogP contribution is 2.41. The van der Waals surface area contributed by atoms with E-state index >= 15 is 0 Å². The lowest BCUT2D eigenvalue weighted by Gasteiger charge is -2.50. The molecule has 202 valence electrons. The van der Waals surface area contributed by atoms with E-state index in [1.807, 2.05) is 6.07 Å². The molecule has 1 N–H and O–H groups in total. The van der Waals surface area contributed by atoms with Gasteiger partial charge in [0.05, 0.1) is 24.1 Å². The predicted octanol–water partition coefficient (Wildman–Crippen LogP) is 3.80. The molecule has 0 saturated carbocycles. The van der Waals surface area contributed by atoms with Crippen LogP contribution in [0.4, 0.5) is 13.2 Å².